The number of alkyl halides is 17. The van der Waals surface area contributed by atoms with E-state index in [-0.39, 0.29) is 0 Å². The molecule has 3 nitrogen and oxygen atoms in total. The molecule has 0 aliphatic carbocycles. The van der Waals surface area contributed by atoms with Crippen LogP contribution in [0.2, 0.25) is 0 Å². The summed E-state index contributed by atoms with van der Waals surface area (Å²) in [5.74, 6) is -43.9. The van der Waals surface area contributed by atoms with Crippen molar-refractivity contribution in [1.82, 2.24) is 4.90 Å². The third kappa shape index (κ3) is 3.35. The number of halogens is 17. The second-order valence-corrected chi connectivity index (χ2v) is 5.83. The molecule has 0 spiro atoms. The molecule has 20 heteroatoms. The maximum Gasteiger partial charge on any atom is 0.460 e. The summed E-state index contributed by atoms with van der Waals surface area (Å²) < 4.78 is 223. The van der Waals surface area contributed by atoms with Gasteiger partial charge in [0.2, 0.25) is 0 Å². The van der Waals surface area contributed by atoms with Gasteiger partial charge in [0.25, 0.3) is 0 Å². The molecule has 0 amide bonds. The van der Waals surface area contributed by atoms with E-state index in [9.17, 15) is 74.6 Å². The van der Waals surface area contributed by atoms with Gasteiger partial charge in [-0.05, 0) is 0 Å². The summed E-state index contributed by atoms with van der Waals surface area (Å²) in [5, 5.41) is 0. The second-order valence-electron chi connectivity index (χ2n) is 5.83. The first kappa shape index (κ1) is 27.3. The summed E-state index contributed by atoms with van der Waals surface area (Å²) in [4.78, 5) is -0.691. The standard InChI is InChI=1S/C11H6F17N3/c12-4(13,3-30-10(25,26)11(27,28)31(3)2-1-29)5(14,15)6(16,17)7(18,19)8(20,21)9(22,23)24/h1-2,29H2. The van der Waals surface area contributed by atoms with Crippen LogP contribution in [0.5, 0.6) is 0 Å². The molecule has 0 aromatic heterocycles. The molecule has 1 aliphatic heterocycles. The van der Waals surface area contributed by atoms with Crippen LogP contribution in [0.25, 0.3) is 0 Å². The Bertz CT molecular complexity index is 721. The van der Waals surface area contributed by atoms with Gasteiger partial charge in [0.1, 0.15) is 0 Å². The lowest BCUT2D eigenvalue weighted by molar-refractivity contribution is -0.435. The van der Waals surface area contributed by atoms with E-state index in [1.54, 1.807) is 0 Å². The van der Waals surface area contributed by atoms with Crippen molar-refractivity contribution >= 4 is 5.84 Å². The molecular formula is C11H6F17N3. The van der Waals surface area contributed by atoms with Crippen LogP contribution < -0.4 is 5.73 Å². The fourth-order valence-electron chi connectivity index (χ4n) is 2.08. The fraction of sp³-hybridized carbons (Fsp3) is 0.909. The molecule has 0 saturated heterocycles. The lowest BCUT2D eigenvalue weighted by Crippen LogP contribution is -2.72. The second kappa shape index (κ2) is 6.87. The number of amidine groups is 1. The van der Waals surface area contributed by atoms with Gasteiger partial charge < -0.3 is 5.73 Å². The molecular weight excluding hydrogens is 497 g/mol. The molecule has 0 aromatic rings. The van der Waals surface area contributed by atoms with Gasteiger partial charge in [0.05, 0.1) is 0 Å². The average Bonchev–Trinajstić information content (AvgIpc) is 2.73. The van der Waals surface area contributed by atoms with Gasteiger partial charge in [0.15, 0.2) is 5.84 Å². The Balaban J connectivity index is 3.71. The van der Waals surface area contributed by atoms with Crippen molar-refractivity contribution in [1.29, 1.82) is 0 Å². The number of aliphatic imine (C=N–C) groups is 1. The zero-order valence-corrected chi connectivity index (χ0v) is 13.8. The molecule has 1 heterocycles. The minimum atomic E-state index is -8.35. The fourth-order valence-corrected chi connectivity index (χ4v) is 2.08. The number of hydrogen-bond donors (Lipinski definition) is 1. The van der Waals surface area contributed by atoms with Gasteiger partial charge in [0, 0.05) is 13.1 Å². The molecule has 31 heavy (non-hydrogen) atoms. The van der Waals surface area contributed by atoms with Crippen LogP contribution >= 0.6 is 0 Å². The van der Waals surface area contributed by atoms with Crippen molar-refractivity contribution in [2.24, 2.45) is 10.7 Å². The van der Waals surface area contributed by atoms with Crippen LogP contribution in [-0.4, -0.2) is 71.7 Å². The quantitative estimate of drug-likeness (QED) is 0.409. The van der Waals surface area contributed by atoms with Crippen molar-refractivity contribution in [2.45, 2.75) is 47.9 Å². The van der Waals surface area contributed by atoms with Gasteiger partial charge in [-0.3, -0.25) is 4.90 Å². The molecule has 2 N–H and O–H groups in total. The summed E-state index contributed by atoms with van der Waals surface area (Å²) in [6, 6.07) is -12.0. The summed E-state index contributed by atoms with van der Waals surface area (Å²) >= 11 is 0. The first-order chi connectivity index (χ1) is 13.3. The van der Waals surface area contributed by atoms with Gasteiger partial charge in [-0.2, -0.15) is 79.6 Å². The van der Waals surface area contributed by atoms with Crippen LogP contribution in [0.1, 0.15) is 0 Å². The van der Waals surface area contributed by atoms with Crippen molar-refractivity contribution in [3.63, 3.8) is 0 Å². The lowest BCUT2D eigenvalue weighted by Gasteiger charge is -2.40. The molecule has 1 rings (SSSR count). The SMILES string of the molecule is NCCN1C(C(F)(F)C(F)(F)C(F)(F)C(F)(F)C(F)(F)C(F)(F)F)=NC(F)(F)C1(F)F. The van der Waals surface area contributed by atoms with Crippen LogP contribution in [0, 0.1) is 0 Å². The van der Waals surface area contributed by atoms with E-state index in [4.69, 9.17) is 0 Å². The van der Waals surface area contributed by atoms with Crippen LogP contribution in [-0.2, 0) is 0 Å². The Hall–Kier alpha value is -1.76. The predicted molar refractivity (Wildman–Crippen MR) is 63.9 cm³/mol. The highest BCUT2D eigenvalue weighted by molar-refractivity contribution is 5.92. The van der Waals surface area contributed by atoms with Gasteiger partial charge in [-0.25, -0.2) is 0 Å². The first-order valence-corrected chi connectivity index (χ1v) is 7.08. The van der Waals surface area contributed by atoms with Crippen LogP contribution in [0.4, 0.5) is 74.6 Å². The Kier molecular flexibility index (Phi) is 6.04. The lowest BCUT2D eigenvalue weighted by atomic mass is 9.93. The van der Waals surface area contributed by atoms with E-state index in [2.05, 4.69) is 5.73 Å². The third-order valence-corrected chi connectivity index (χ3v) is 3.77. The Morgan fingerprint density at radius 1 is 0.677 bits per heavy atom. The van der Waals surface area contributed by atoms with E-state index in [0.29, 0.717) is 0 Å². The topological polar surface area (TPSA) is 41.6 Å². The van der Waals surface area contributed by atoms with E-state index >= 15 is 0 Å². The van der Waals surface area contributed by atoms with Crippen molar-refractivity contribution < 1.29 is 74.6 Å². The minimum Gasteiger partial charge on any atom is -0.329 e. The average molecular weight is 503 g/mol. The predicted octanol–water partition coefficient (Wildman–Crippen LogP) is 4.58. The number of nitrogens with zero attached hydrogens (tertiary/aromatic N) is 2. The third-order valence-electron chi connectivity index (χ3n) is 3.77. The molecule has 0 fully saturated rings. The van der Waals surface area contributed by atoms with Gasteiger partial charge in [-0.1, -0.05) is 0 Å². The summed E-state index contributed by atoms with van der Waals surface area (Å²) in [7, 11) is 0. The zero-order valence-electron chi connectivity index (χ0n) is 13.8. The van der Waals surface area contributed by atoms with Gasteiger partial charge in [-0.15, -0.1) is 0 Å². The summed E-state index contributed by atoms with van der Waals surface area (Å²) in [6.07, 6.45) is -7.69. The normalized spacial score (nSPS) is 20.8. The first-order valence-electron chi connectivity index (χ1n) is 7.08. The largest absolute Gasteiger partial charge is 0.460 e. The maximum atomic E-state index is 13.9. The Morgan fingerprint density at radius 2 is 1.06 bits per heavy atom. The molecule has 0 radical (unpaired) electrons. The molecule has 0 saturated carbocycles. The van der Waals surface area contributed by atoms with E-state index < -0.39 is 71.7 Å². The van der Waals surface area contributed by atoms with Crippen molar-refractivity contribution in [2.75, 3.05) is 13.1 Å². The summed E-state index contributed by atoms with van der Waals surface area (Å²) in [6.45, 7) is -3.32. The number of rotatable bonds is 7. The molecule has 1 aliphatic rings. The minimum absolute atomic E-state index is 1.10. The molecule has 0 atom stereocenters. The molecule has 0 bridgehead atoms. The number of nitrogens with two attached hydrogens (primary N) is 1. The van der Waals surface area contributed by atoms with Crippen molar-refractivity contribution in [3.05, 3.63) is 0 Å². The zero-order chi connectivity index (χ0) is 25.3. The Labute approximate surface area is 158 Å². The number of hydrogen-bond acceptors (Lipinski definition) is 3. The van der Waals surface area contributed by atoms with Crippen LogP contribution in [0.15, 0.2) is 4.99 Å². The van der Waals surface area contributed by atoms with Crippen molar-refractivity contribution in [3.8, 4) is 0 Å². The molecule has 0 unspecified atom stereocenters. The van der Waals surface area contributed by atoms with Gasteiger partial charge >= 0.3 is 47.9 Å². The highest BCUT2D eigenvalue weighted by Gasteiger charge is 2.92. The maximum absolute atomic E-state index is 13.9. The van der Waals surface area contributed by atoms with E-state index in [1.165, 1.54) is 0 Å². The van der Waals surface area contributed by atoms with E-state index in [0.717, 1.165) is 4.99 Å². The van der Waals surface area contributed by atoms with Crippen LogP contribution in [0.3, 0.4) is 0 Å². The van der Waals surface area contributed by atoms with E-state index in [1.807, 2.05) is 0 Å². The highest BCUT2D eigenvalue weighted by Crippen LogP contribution is 2.61. The summed E-state index contributed by atoms with van der Waals surface area (Å²) in [5.41, 5.74) is 4.59. The monoisotopic (exact) mass is 503 g/mol. The smallest absolute Gasteiger partial charge is 0.329 e. The molecule has 184 valence electrons. The Morgan fingerprint density at radius 3 is 1.42 bits per heavy atom. The highest BCUT2D eigenvalue weighted by atomic mass is 19.4. The molecule has 0 aromatic carbocycles.